The SMILES string of the molecule is CCN(Cc1ccccc1)[C@@H](c1ccc(OC)cc1)c1nnnn1C(C)(C)C. The molecule has 1 aromatic heterocycles. The molecule has 0 fully saturated rings. The molecular formula is C22H29N5O. The maximum absolute atomic E-state index is 5.34. The predicted molar refractivity (Wildman–Crippen MR) is 110 cm³/mol. The summed E-state index contributed by atoms with van der Waals surface area (Å²) in [6.07, 6.45) is 0. The van der Waals surface area contributed by atoms with Gasteiger partial charge in [0.2, 0.25) is 0 Å². The fourth-order valence-corrected chi connectivity index (χ4v) is 3.36. The van der Waals surface area contributed by atoms with E-state index in [1.54, 1.807) is 7.11 Å². The lowest BCUT2D eigenvalue weighted by Gasteiger charge is -2.32. The molecule has 6 nitrogen and oxygen atoms in total. The highest BCUT2D eigenvalue weighted by Gasteiger charge is 2.30. The van der Waals surface area contributed by atoms with Gasteiger partial charge in [-0.3, -0.25) is 4.90 Å². The fraction of sp³-hybridized carbons (Fsp3) is 0.409. The van der Waals surface area contributed by atoms with E-state index in [4.69, 9.17) is 4.74 Å². The van der Waals surface area contributed by atoms with Gasteiger partial charge < -0.3 is 4.74 Å². The molecule has 0 bridgehead atoms. The Bertz CT molecular complexity index is 868. The third-order valence-corrected chi connectivity index (χ3v) is 4.80. The van der Waals surface area contributed by atoms with Gasteiger partial charge >= 0.3 is 0 Å². The molecule has 6 heteroatoms. The van der Waals surface area contributed by atoms with Gasteiger partial charge in [0.1, 0.15) is 5.75 Å². The summed E-state index contributed by atoms with van der Waals surface area (Å²) in [7, 11) is 1.68. The van der Waals surface area contributed by atoms with E-state index in [0.717, 1.165) is 30.2 Å². The summed E-state index contributed by atoms with van der Waals surface area (Å²) in [4.78, 5) is 2.39. The van der Waals surface area contributed by atoms with E-state index in [-0.39, 0.29) is 11.6 Å². The zero-order chi connectivity index (χ0) is 20.1. The van der Waals surface area contributed by atoms with E-state index in [1.807, 2.05) is 22.9 Å². The van der Waals surface area contributed by atoms with Crippen LogP contribution < -0.4 is 4.74 Å². The van der Waals surface area contributed by atoms with Crippen LogP contribution in [0.2, 0.25) is 0 Å². The van der Waals surface area contributed by atoms with E-state index >= 15 is 0 Å². The molecule has 1 atom stereocenters. The van der Waals surface area contributed by atoms with Gasteiger partial charge in [0.05, 0.1) is 18.7 Å². The van der Waals surface area contributed by atoms with E-state index in [2.05, 4.69) is 84.5 Å². The molecular weight excluding hydrogens is 350 g/mol. The lowest BCUT2D eigenvalue weighted by atomic mass is 10.0. The van der Waals surface area contributed by atoms with E-state index in [9.17, 15) is 0 Å². The van der Waals surface area contributed by atoms with Crippen LogP contribution in [0.4, 0.5) is 0 Å². The third kappa shape index (κ3) is 4.39. The molecule has 0 aliphatic carbocycles. The number of ether oxygens (including phenoxy) is 1. The lowest BCUT2D eigenvalue weighted by molar-refractivity contribution is 0.203. The average Bonchev–Trinajstić information content (AvgIpc) is 3.18. The molecule has 0 saturated carbocycles. The summed E-state index contributed by atoms with van der Waals surface area (Å²) in [5.74, 6) is 1.68. The van der Waals surface area contributed by atoms with Gasteiger partial charge in [-0.25, -0.2) is 4.68 Å². The predicted octanol–water partition coefficient (Wildman–Crippen LogP) is 4.05. The van der Waals surface area contributed by atoms with Crippen LogP contribution in [0, 0.1) is 0 Å². The first-order chi connectivity index (χ1) is 13.4. The third-order valence-electron chi connectivity index (χ3n) is 4.80. The van der Waals surface area contributed by atoms with Crippen molar-refractivity contribution < 1.29 is 4.74 Å². The number of methoxy groups -OCH3 is 1. The van der Waals surface area contributed by atoms with Crippen LogP contribution in [0.5, 0.6) is 5.75 Å². The Morgan fingerprint density at radius 2 is 1.71 bits per heavy atom. The highest BCUT2D eigenvalue weighted by Crippen LogP contribution is 2.31. The maximum Gasteiger partial charge on any atom is 0.173 e. The summed E-state index contributed by atoms with van der Waals surface area (Å²) < 4.78 is 7.27. The van der Waals surface area contributed by atoms with Gasteiger partial charge in [0.15, 0.2) is 5.82 Å². The number of tetrazole rings is 1. The summed E-state index contributed by atoms with van der Waals surface area (Å²) >= 11 is 0. The zero-order valence-corrected chi connectivity index (χ0v) is 17.3. The molecule has 3 aromatic rings. The molecule has 148 valence electrons. The molecule has 0 radical (unpaired) electrons. The smallest absolute Gasteiger partial charge is 0.173 e. The molecule has 0 N–H and O–H groups in total. The summed E-state index contributed by atoms with van der Waals surface area (Å²) in [5, 5.41) is 12.7. The second kappa shape index (κ2) is 8.52. The second-order valence-electron chi connectivity index (χ2n) is 7.84. The van der Waals surface area contributed by atoms with Crippen LogP contribution in [-0.4, -0.2) is 38.8 Å². The molecule has 0 spiro atoms. The van der Waals surface area contributed by atoms with Crippen LogP contribution in [-0.2, 0) is 12.1 Å². The Kier molecular flexibility index (Phi) is 6.09. The van der Waals surface area contributed by atoms with Crippen molar-refractivity contribution in [2.45, 2.75) is 45.8 Å². The van der Waals surface area contributed by atoms with Gasteiger partial charge in [-0.15, -0.1) is 5.10 Å². The van der Waals surface area contributed by atoms with Crippen molar-refractivity contribution in [1.82, 2.24) is 25.1 Å². The molecule has 2 aromatic carbocycles. The summed E-state index contributed by atoms with van der Waals surface area (Å²) in [5.41, 5.74) is 2.19. The van der Waals surface area contributed by atoms with Gasteiger partial charge in [-0.05, 0) is 61.0 Å². The Morgan fingerprint density at radius 3 is 2.29 bits per heavy atom. The van der Waals surface area contributed by atoms with Crippen LogP contribution in [0.15, 0.2) is 54.6 Å². The summed E-state index contributed by atoms with van der Waals surface area (Å²) in [6.45, 7) is 10.2. The number of hydrogen-bond acceptors (Lipinski definition) is 5. The second-order valence-corrected chi connectivity index (χ2v) is 7.84. The van der Waals surface area contributed by atoms with E-state index in [0.29, 0.717) is 0 Å². The standard InChI is InChI=1S/C22H29N5O/c1-6-26(16-17-10-8-7-9-11-17)20(18-12-14-19(28-5)15-13-18)21-23-24-25-27(21)22(2,3)4/h7-15,20H,6,16H2,1-5H3/t20-/m0/s1. The molecule has 0 amide bonds. The maximum atomic E-state index is 5.34. The molecule has 0 saturated heterocycles. The quantitative estimate of drug-likeness (QED) is 0.620. The van der Waals surface area contributed by atoms with E-state index in [1.165, 1.54) is 5.56 Å². The van der Waals surface area contributed by atoms with Crippen LogP contribution >= 0.6 is 0 Å². The number of nitrogens with zero attached hydrogens (tertiary/aromatic N) is 5. The molecule has 1 heterocycles. The van der Waals surface area contributed by atoms with Crippen molar-refractivity contribution in [1.29, 1.82) is 0 Å². The van der Waals surface area contributed by atoms with Gasteiger partial charge in [0, 0.05) is 6.54 Å². The van der Waals surface area contributed by atoms with Gasteiger partial charge in [-0.1, -0.05) is 49.4 Å². The largest absolute Gasteiger partial charge is 0.497 e. The Balaban J connectivity index is 2.06. The topological polar surface area (TPSA) is 56.1 Å². The minimum absolute atomic E-state index is 0.0645. The number of rotatable bonds is 7. The van der Waals surface area contributed by atoms with Crippen LogP contribution in [0.3, 0.4) is 0 Å². The number of aromatic nitrogens is 4. The fourth-order valence-electron chi connectivity index (χ4n) is 3.36. The highest BCUT2D eigenvalue weighted by molar-refractivity contribution is 5.32. The van der Waals surface area contributed by atoms with Gasteiger partial charge in [0.25, 0.3) is 0 Å². The Morgan fingerprint density at radius 1 is 1.04 bits per heavy atom. The van der Waals surface area contributed by atoms with Crippen molar-refractivity contribution in [3.8, 4) is 5.75 Å². The molecule has 0 aliphatic heterocycles. The Labute approximate surface area is 167 Å². The molecule has 0 aliphatic rings. The van der Waals surface area contributed by atoms with Crippen molar-refractivity contribution in [2.75, 3.05) is 13.7 Å². The van der Waals surface area contributed by atoms with Crippen molar-refractivity contribution >= 4 is 0 Å². The first-order valence-corrected chi connectivity index (χ1v) is 9.64. The van der Waals surface area contributed by atoms with Crippen molar-refractivity contribution in [3.63, 3.8) is 0 Å². The Hall–Kier alpha value is -2.73. The molecule has 0 unspecified atom stereocenters. The molecule has 3 rings (SSSR count). The summed E-state index contributed by atoms with van der Waals surface area (Å²) in [6, 6.07) is 18.6. The minimum atomic E-state index is -0.213. The normalized spacial score (nSPS) is 12.9. The average molecular weight is 380 g/mol. The van der Waals surface area contributed by atoms with Crippen LogP contribution in [0.1, 0.15) is 50.7 Å². The van der Waals surface area contributed by atoms with Crippen molar-refractivity contribution in [3.05, 3.63) is 71.5 Å². The van der Waals surface area contributed by atoms with Crippen LogP contribution in [0.25, 0.3) is 0 Å². The zero-order valence-electron chi connectivity index (χ0n) is 17.3. The van der Waals surface area contributed by atoms with Gasteiger partial charge in [-0.2, -0.15) is 0 Å². The number of hydrogen-bond donors (Lipinski definition) is 0. The monoisotopic (exact) mass is 379 g/mol. The van der Waals surface area contributed by atoms with E-state index < -0.39 is 0 Å². The first-order valence-electron chi connectivity index (χ1n) is 9.64. The lowest BCUT2D eigenvalue weighted by Crippen LogP contribution is -2.35. The van der Waals surface area contributed by atoms with Crippen molar-refractivity contribution in [2.24, 2.45) is 0 Å². The minimum Gasteiger partial charge on any atom is -0.497 e. The highest BCUT2D eigenvalue weighted by atomic mass is 16.5. The number of benzene rings is 2. The first kappa shape index (κ1) is 20.0. The molecule has 28 heavy (non-hydrogen) atoms.